The molecule has 202 valence electrons. The van der Waals surface area contributed by atoms with Gasteiger partial charge in [-0.05, 0) is 50.5 Å². The fourth-order valence-corrected chi connectivity index (χ4v) is 6.57. The van der Waals surface area contributed by atoms with Crippen molar-refractivity contribution in [3.05, 3.63) is 32.3 Å². The van der Waals surface area contributed by atoms with Crippen molar-refractivity contribution in [3.63, 3.8) is 0 Å². The van der Waals surface area contributed by atoms with Crippen LogP contribution in [0.3, 0.4) is 0 Å². The first kappa shape index (κ1) is 27.3. The number of hydrogen-bond acceptors (Lipinski definition) is 6. The summed E-state index contributed by atoms with van der Waals surface area (Å²) in [6, 6.07) is 2.76. The number of carbonyl (C=O) groups excluding carboxylic acids is 3. The number of rotatable bonds is 5. The van der Waals surface area contributed by atoms with Crippen LogP contribution in [0.1, 0.15) is 63.2 Å². The number of hydrogen-bond donors (Lipinski definition) is 2. The third-order valence-electron chi connectivity index (χ3n) is 7.57. The van der Waals surface area contributed by atoms with E-state index in [0.717, 1.165) is 12.8 Å². The summed E-state index contributed by atoms with van der Waals surface area (Å²) in [5, 5.41) is 18.2. The Bertz CT molecular complexity index is 1070. The molecule has 0 aliphatic carbocycles. The van der Waals surface area contributed by atoms with E-state index in [1.165, 1.54) is 6.07 Å². The molecule has 3 fully saturated rings. The number of nitro groups is 1. The summed E-state index contributed by atoms with van der Waals surface area (Å²) in [4.78, 5) is 54.0. The van der Waals surface area contributed by atoms with Crippen LogP contribution in [0.2, 0.25) is 0 Å². The second-order valence-corrected chi connectivity index (χ2v) is 12.0. The molecule has 37 heavy (non-hydrogen) atoms. The van der Waals surface area contributed by atoms with Crippen molar-refractivity contribution in [2.24, 2.45) is 17.8 Å². The minimum atomic E-state index is -0.473. The number of nitro benzene ring substituents is 1. The quantitative estimate of drug-likeness (QED) is 0.405. The van der Waals surface area contributed by atoms with Crippen molar-refractivity contribution in [2.75, 3.05) is 31.5 Å². The van der Waals surface area contributed by atoms with Gasteiger partial charge in [0.1, 0.15) is 5.69 Å². The zero-order valence-corrected chi connectivity index (χ0v) is 23.3. The van der Waals surface area contributed by atoms with Crippen molar-refractivity contribution in [3.8, 4) is 0 Å². The fraction of sp³-hybridized carbons (Fsp3) is 0.654. The van der Waals surface area contributed by atoms with Gasteiger partial charge in [0.25, 0.3) is 11.6 Å². The lowest BCUT2D eigenvalue weighted by Crippen LogP contribution is -2.51. The van der Waals surface area contributed by atoms with Crippen LogP contribution in [0, 0.1) is 27.9 Å². The van der Waals surface area contributed by atoms with Crippen LogP contribution in [0.15, 0.2) is 16.6 Å². The standard InChI is InChI=1S/C26H36BrN5O5/c1-15-7-16(2)13-31(12-15)26(35)21-10-19(27)11-22(32(36)37)24(21)29-20-5-4-6-30(14-20)25(34)18-8-17(3)28-23(33)9-18/h10-11,15-18,20,29H,4-9,12-14H2,1-3H3,(H,28,33)/t15-,16-,17-,18+,20+/m0/s1. The highest BCUT2D eigenvalue weighted by atomic mass is 79.9. The van der Waals surface area contributed by atoms with Gasteiger partial charge >= 0.3 is 0 Å². The third kappa shape index (κ3) is 6.42. The Labute approximate surface area is 225 Å². The maximum Gasteiger partial charge on any atom is 0.294 e. The van der Waals surface area contributed by atoms with Gasteiger partial charge in [-0.15, -0.1) is 0 Å². The molecule has 1 aromatic carbocycles. The van der Waals surface area contributed by atoms with Gasteiger partial charge in [0, 0.05) is 61.1 Å². The lowest BCUT2D eigenvalue weighted by molar-refractivity contribution is -0.384. The molecule has 0 saturated carbocycles. The summed E-state index contributed by atoms with van der Waals surface area (Å²) in [6.07, 6.45) is 3.27. The lowest BCUT2D eigenvalue weighted by atomic mass is 9.90. The highest BCUT2D eigenvalue weighted by Gasteiger charge is 2.36. The average Bonchev–Trinajstić information content (AvgIpc) is 2.82. The highest BCUT2D eigenvalue weighted by molar-refractivity contribution is 9.10. The number of piperidine rings is 3. The Morgan fingerprint density at radius 1 is 1.11 bits per heavy atom. The second kappa shape index (κ2) is 11.4. The number of halogens is 1. The van der Waals surface area contributed by atoms with Crippen LogP contribution >= 0.6 is 15.9 Å². The van der Waals surface area contributed by atoms with Gasteiger partial charge in [0.2, 0.25) is 11.8 Å². The van der Waals surface area contributed by atoms with E-state index in [9.17, 15) is 24.5 Å². The molecular weight excluding hydrogens is 542 g/mol. The van der Waals surface area contributed by atoms with E-state index in [4.69, 9.17) is 0 Å². The Balaban J connectivity index is 1.57. The van der Waals surface area contributed by atoms with Crippen molar-refractivity contribution in [1.82, 2.24) is 15.1 Å². The molecule has 1 aromatic rings. The smallest absolute Gasteiger partial charge is 0.294 e. The molecule has 0 aromatic heterocycles. The first-order valence-corrected chi connectivity index (χ1v) is 13.9. The number of anilines is 1. The van der Waals surface area contributed by atoms with Crippen LogP contribution in [0.5, 0.6) is 0 Å². The SMILES string of the molecule is C[C@H]1C[C@H](C)CN(C(=O)c2cc(Br)cc([N+](=O)[O-])c2N[C@@H]2CCCN(C(=O)[C@H]3CC(=O)N[C@@H](C)C3)C2)C1. The van der Waals surface area contributed by atoms with Crippen molar-refractivity contribution < 1.29 is 19.3 Å². The van der Waals surface area contributed by atoms with Gasteiger partial charge in [0.05, 0.1) is 10.5 Å². The van der Waals surface area contributed by atoms with Gasteiger partial charge in [-0.3, -0.25) is 24.5 Å². The topological polar surface area (TPSA) is 125 Å². The predicted molar refractivity (Wildman–Crippen MR) is 143 cm³/mol. The third-order valence-corrected chi connectivity index (χ3v) is 8.03. The van der Waals surface area contributed by atoms with E-state index >= 15 is 0 Å². The molecule has 5 atom stereocenters. The molecule has 10 nitrogen and oxygen atoms in total. The predicted octanol–water partition coefficient (Wildman–Crippen LogP) is 3.79. The lowest BCUT2D eigenvalue weighted by Gasteiger charge is -2.38. The van der Waals surface area contributed by atoms with E-state index in [2.05, 4.69) is 40.4 Å². The zero-order valence-electron chi connectivity index (χ0n) is 21.7. The molecule has 0 bridgehead atoms. The summed E-state index contributed by atoms with van der Waals surface area (Å²) in [5.74, 6) is -0.0339. The van der Waals surface area contributed by atoms with Crippen LogP contribution in [0.25, 0.3) is 0 Å². The van der Waals surface area contributed by atoms with E-state index in [1.807, 2.05) is 6.92 Å². The molecule has 0 radical (unpaired) electrons. The maximum absolute atomic E-state index is 13.7. The molecule has 0 spiro atoms. The van der Waals surface area contributed by atoms with E-state index in [0.29, 0.717) is 55.3 Å². The monoisotopic (exact) mass is 577 g/mol. The number of carbonyl (C=O) groups is 3. The fourth-order valence-electron chi connectivity index (χ4n) is 6.13. The van der Waals surface area contributed by atoms with E-state index in [-0.39, 0.29) is 59.1 Å². The Hall–Kier alpha value is -2.69. The molecule has 3 saturated heterocycles. The Morgan fingerprint density at radius 2 is 1.81 bits per heavy atom. The molecule has 11 heteroatoms. The summed E-state index contributed by atoms with van der Waals surface area (Å²) in [5.41, 5.74) is 0.301. The summed E-state index contributed by atoms with van der Waals surface area (Å²) in [7, 11) is 0. The average molecular weight is 579 g/mol. The van der Waals surface area contributed by atoms with Crippen molar-refractivity contribution in [2.45, 2.75) is 65.0 Å². The number of likely N-dealkylation sites (tertiary alicyclic amines) is 2. The van der Waals surface area contributed by atoms with Crippen LogP contribution in [-0.2, 0) is 9.59 Å². The summed E-state index contributed by atoms with van der Waals surface area (Å²) in [6.45, 7) is 8.30. The van der Waals surface area contributed by atoms with Crippen molar-refractivity contribution in [1.29, 1.82) is 0 Å². The molecule has 3 amide bonds. The van der Waals surface area contributed by atoms with Crippen molar-refractivity contribution >= 4 is 45.0 Å². The zero-order chi connectivity index (χ0) is 26.9. The Kier molecular flexibility index (Phi) is 8.40. The summed E-state index contributed by atoms with van der Waals surface area (Å²) < 4.78 is 0.469. The van der Waals surface area contributed by atoms with E-state index < -0.39 is 4.92 Å². The van der Waals surface area contributed by atoms with Crippen LogP contribution in [-0.4, -0.2) is 70.7 Å². The molecule has 4 rings (SSSR count). The molecule has 3 aliphatic rings. The number of nitrogens with zero attached hydrogens (tertiary/aromatic N) is 3. The number of benzene rings is 1. The normalized spacial score (nSPS) is 28.4. The van der Waals surface area contributed by atoms with Gasteiger partial charge in [-0.25, -0.2) is 0 Å². The highest BCUT2D eigenvalue weighted by Crippen LogP contribution is 2.36. The first-order valence-electron chi connectivity index (χ1n) is 13.1. The second-order valence-electron chi connectivity index (χ2n) is 11.1. The van der Waals surface area contributed by atoms with E-state index in [1.54, 1.807) is 15.9 Å². The number of nitrogens with one attached hydrogen (secondary N) is 2. The molecular formula is C26H36BrN5O5. The van der Waals surface area contributed by atoms with Gasteiger partial charge in [0.15, 0.2) is 0 Å². The molecule has 0 unspecified atom stereocenters. The van der Waals surface area contributed by atoms with Gasteiger partial charge in [-0.2, -0.15) is 0 Å². The maximum atomic E-state index is 13.7. The minimum absolute atomic E-state index is 0.0480. The first-order chi connectivity index (χ1) is 17.5. The van der Waals surface area contributed by atoms with Crippen LogP contribution < -0.4 is 10.6 Å². The minimum Gasteiger partial charge on any atom is -0.374 e. The van der Waals surface area contributed by atoms with Gasteiger partial charge in [-0.1, -0.05) is 29.8 Å². The van der Waals surface area contributed by atoms with Gasteiger partial charge < -0.3 is 20.4 Å². The largest absolute Gasteiger partial charge is 0.374 e. The molecule has 3 aliphatic heterocycles. The van der Waals surface area contributed by atoms with Crippen LogP contribution in [0.4, 0.5) is 11.4 Å². The molecule has 3 heterocycles. The molecule has 2 N–H and O–H groups in total. The number of amides is 3. The summed E-state index contributed by atoms with van der Waals surface area (Å²) >= 11 is 3.35. The Morgan fingerprint density at radius 3 is 2.46 bits per heavy atom.